The summed E-state index contributed by atoms with van der Waals surface area (Å²) in [7, 11) is 0. The highest BCUT2D eigenvalue weighted by Gasteiger charge is 2.41. The van der Waals surface area contributed by atoms with Crippen molar-refractivity contribution in [2.45, 2.75) is 28.9 Å². The highest BCUT2D eigenvalue weighted by molar-refractivity contribution is 7.98. The third-order valence-corrected chi connectivity index (χ3v) is 6.72. The first-order valence-corrected chi connectivity index (χ1v) is 11.3. The van der Waals surface area contributed by atoms with Crippen LogP contribution in [0.3, 0.4) is 0 Å². The molecular weight excluding hydrogens is 416 g/mol. The van der Waals surface area contributed by atoms with E-state index < -0.39 is 5.41 Å². The maximum absolute atomic E-state index is 13.4. The average molecular weight is 439 g/mol. The van der Waals surface area contributed by atoms with Gasteiger partial charge < -0.3 is 10.1 Å². The largest absolute Gasteiger partial charge is 0.381 e. The molecule has 0 atom stereocenters. The van der Waals surface area contributed by atoms with E-state index in [1.54, 1.807) is 18.0 Å². The third-order valence-electron chi connectivity index (χ3n) is 5.40. The van der Waals surface area contributed by atoms with Crippen molar-refractivity contribution in [3.8, 4) is 0 Å². The Balaban J connectivity index is 1.46. The van der Waals surface area contributed by atoms with Crippen LogP contribution in [0.1, 0.15) is 24.0 Å². The van der Waals surface area contributed by atoms with Crippen LogP contribution < -0.4 is 5.32 Å². The predicted octanol–water partition coefficient (Wildman–Crippen LogP) is 5.71. The standard InChI is InChI=1S/C24H23ClN2O2S/c25-20-5-1-4-19(15-20)24(10-13-29-14-11-24)23(28)27-21-6-8-22(9-7-21)30-17-18-3-2-12-26-16-18/h1-9,12,15-16H,10-11,13-14,17H2,(H,27,28). The lowest BCUT2D eigenvalue weighted by Crippen LogP contribution is -2.44. The molecule has 3 aromatic rings. The fraction of sp³-hybridized carbons (Fsp3) is 0.250. The van der Waals surface area contributed by atoms with E-state index >= 15 is 0 Å². The Hall–Kier alpha value is -2.34. The van der Waals surface area contributed by atoms with Gasteiger partial charge in [0.2, 0.25) is 5.91 Å². The lowest BCUT2D eigenvalue weighted by Gasteiger charge is -2.36. The Kier molecular flexibility index (Phi) is 6.72. The van der Waals surface area contributed by atoms with Crippen LogP contribution in [-0.2, 0) is 20.7 Å². The van der Waals surface area contributed by atoms with Crippen LogP contribution in [0.2, 0.25) is 5.02 Å². The molecule has 1 amide bonds. The lowest BCUT2D eigenvalue weighted by molar-refractivity contribution is -0.125. The van der Waals surface area contributed by atoms with Crippen LogP contribution >= 0.6 is 23.4 Å². The molecule has 2 heterocycles. The minimum atomic E-state index is -0.628. The van der Waals surface area contributed by atoms with Crippen LogP contribution in [0.4, 0.5) is 5.69 Å². The second-order valence-corrected chi connectivity index (χ2v) is 8.82. The van der Waals surface area contributed by atoms with Crippen molar-refractivity contribution < 1.29 is 9.53 Å². The highest BCUT2D eigenvalue weighted by atomic mass is 35.5. The smallest absolute Gasteiger partial charge is 0.235 e. The van der Waals surface area contributed by atoms with Gasteiger partial charge in [0.25, 0.3) is 0 Å². The summed E-state index contributed by atoms with van der Waals surface area (Å²) in [4.78, 5) is 18.7. The molecule has 0 radical (unpaired) electrons. The van der Waals surface area contributed by atoms with E-state index in [-0.39, 0.29) is 5.91 Å². The number of benzene rings is 2. The molecule has 1 fully saturated rings. The summed E-state index contributed by atoms with van der Waals surface area (Å²) < 4.78 is 5.54. The molecule has 1 aliphatic heterocycles. The number of nitrogens with one attached hydrogen (secondary N) is 1. The number of amides is 1. The summed E-state index contributed by atoms with van der Waals surface area (Å²) in [5.41, 5.74) is 2.29. The van der Waals surface area contributed by atoms with Gasteiger partial charge in [0.1, 0.15) is 0 Å². The summed E-state index contributed by atoms with van der Waals surface area (Å²) in [5.74, 6) is 0.848. The summed E-state index contributed by atoms with van der Waals surface area (Å²) in [6.07, 6.45) is 4.93. The zero-order chi connectivity index (χ0) is 20.8. The number of anilines is 1. The number of carbonyl (C=O) groups excluding carboxylic acids is 1. The minimum absolute atomic E-state index is 0.0103. The van der Waals surface area contributed by atoms with Gasteiger partial charge in [0.05, 0.1) is 5.41 Å². The van der Waals surface area contributed by atoms with Crippen molar-refractivity contribution in [2.75, 3.05) is 18.5 Å². The summed E-state index contributed by atoms with van der Waals surface area (Å²) in [6.45, 7) is 1.12. The van der Waals surface area contributed by atoms with Gasteiger partial charge in [-0.05, 0) is 66.4 Å². The highest BCUT2D eigenvalue weighted by Crippen LogP contribution is 2.37. The van der Waals surface area contributed by atoms with Crippen LogP contribution in [0.15, 0.2) is 78.0 Å². The number of halogens is 1. The Morgan fingerprint density at radius 1 is 1.10 bits per heavy atom. The van der Waals surface area contributed by atoms with E-state index in [9.17, 15) is 4.79 Å². The van der Waals surface area contributed by atoms with Crippen molar-refractivity contribution in [1.29, 1.82) is 0 Å². The second-order valence-electron chi connectivity index (χ2n) is 7.33. The summed E-state index contributed by atoms with van der Waals surface area (Å²) in [6, 6.07) is 19.6. The molecule has 0 aliphatic carbocycles. The molecule has 1 aromatic heterocycles. The van der Waals surface area contributed by atoms with Crippen LogP contribution in [-0.4, -0.2) is 24.1 Å². The van der Waals surface area contributed by atoms with E-state index in [0.29, 0.717) is 31.1 Å². The number of hydrogen-bond donors (Lipinski definition) is 1. The number of nitrogens with zero attached hydrogens (tertiary/aromatic N) is 1. The molecule has 0 unspecified atom stereocenters. The molecule has 154 valence electrons. The first kappa shape index (κ1) is 20.9. The van der Waals surface area contributed by atoms with Crippen molar-refractivity contribution >= 4 is 35.0 Å². The van der Waals surface area contributed by atoms with Crippen molar-refractivity contribution in [1.82, 2.24) is 4.98 Å². The van der Waals surface area contributed by atoms with Gasteiger partial charge in [-0.25, -0.2) is 0 Å². The SMILES string of the molecule is O=C(Nc1ccc(SCc2cccnc2)cc1)C1(c2cccc(Cl)c2)CCOCC1. The number of rotatable bonds is 6. The Morgan fingerprint density at radius 3 is 2.60 bits per heavy atom. The fourth-order valence-corrected chi connectivity index (χ4v) is 4.71. The zero-order valence-electron chi connectivity index (χ0n) is 16.5. The van der Waals surface area contributed by atoms with Crippen molar-refractivity contribution in [2.24, 2.45) is 0 Å². The molecule has 1 N–H and O–H groups in total. The van der Waals surface area contributed by atoms with E-state index in [4.69, 9.17) is 16.3 Å². The number of carbonyl (C=O) groups is 1. The van der Waals surface area contributed by atoms with Crippen LogP contribution in [0, 0.1) is 0 Å². The third kappa shape index (κ3) is 4.86. The van der Waals surface area contributed by atoms with Crippen molar-refractivity contribution in [3.63, 3.8) is 0 Å². The molecule has 2 aromatic carbocycles. The normalized spacial score (nSPS) is 15.5. The molecule has 4 rings (SSSR count). The molecule has 30 heavy (non-hydrogen) atoms. The quantitative estimate of drug-likeness (QED) is 0.500. The number of hydrogen-bond acceptors (Lipinski definition) is 4. The monoisotopic (exact) mass is 438 g/mol. The number of pyridine rings is 1. The first-order valence-electron chi connectivity index (χ1n) is 9.93. The fourth-order valence-electron chi connectivity index (χ4n) is 3.69. The summed E-state index contributed by atoms with van der Waals surface area (Å²) >= 11 is 7.96. The minimum Gasteiger partial charge on any atom is -0.381 e. The van der Waals surface area contributed by atoms with E-state index in [2.05, 4.69) is 16.4 Å². The number of aromatic nitrogens is 1. The molecule has 0 bridgehead atoms. The molecule has 4 nitrogen and oxygen atoms in total. The Labute approximate surface area is 186 Å². The first-order chi connectivity index (χ1) is 14.7. The van der Waals surface area contributed by atoms with Gasteiger partial charge in [-0.1, -0.05) is 29.8 Å². The molecule has 1 saturated heterocycles. The second kappa shape index (κ2) is 9.65. The zero-order valence-corrected chi connectivity index (χ0v) is 18.1. The number of ether oxygens (including phenoxy) is 1. The predicted molar refractivity (Wildman–Crippen MR) is 122 cm³/mol. The molecule has 0 saturated carbocycles. The van der Waals surface area contributed by atoms with Crippen LogP contribution in [0.25, 0.3) is 0 Å². The molecule has 6 heteroatoms. The molecule has 1 aliphatic rings. The molecular formula is C24H23ClN2O2S. The molecule has 0 spiro atoms. The Bertz CT molecular complexity index is 990. The maximum atomic E-state index is 13.4. The van der Waals surface area contributed by atoms with E-state index in [1.807, 2.05) is 60.8 Å². The number of thioether (sulfide) groups is 1. The Morgan fingerprint density at radius 2 is 1.90 bits per heavy atom. The van der Waals surface area contributed by atoms with Gasteiger partial charge in [-0.3, -0.25) is 9.78 Å². The topological polar surface area (TPSA) is 51.2 Å². The van der Waals surface area contributed by atoms with Gasteiger partial charge in [-0.2, -0.15) is 0 Å². The van der Waals surface area contributed by atoms with Crippen molar-refractivity contribution in [3.05, 3.63) is 89.2 Å². The summed E-state index contributed by atoms with van der Waals surface area (Å²) in [5, 5.41) is 3.75. The van der Waals surface area contributed by atoms with Gasteiger partial charge in [0.15, 0.2) is 0 Å². The van der Waals surface area contributed by atoms with Crippen LogP contribution in [0.5, 0.6) is 0 Å². The maximum Gasteiger partial charge on any atom is 0.235 e. The van der Waals surface area contributed by atoms with Gasteiger partial charge >= 0.3 is 0 Å². The average Bonchev–Trinajstić information content (AvgIpc) is 2.80. The van der Waals surface area contributed by atoms with Gasteiger partial charge in [0, 0.05) is 47.0 Å². The lowest BCUT2D eigenvalue weighted by atomic mass is 9.73. The van der Waals surface area contributed by atoms with E-state index in [0.717, 1.165) is 21.9 Å². The van der Waals surface area contributed by atoms with E-state index in [1.165, 1.54) is 5.56 Å². The van der Waals surface area contributed by atoms with Gasteiger partial charge in [-0.15, -0.1) is 11.8 Å².